The SMILES string of the molecule is CSc1nc2c3c(nc(-c4cccc5ccc(F)c(C#C[Si](C(C)C)(C(C)C)C(C)C)c45)c(F)c3n1)OCCN2C(C)c1cccnc1N(C(=O)OC(C)(C)C)C(=O)OC(C)(C)C. The molecule has 0 aliphatic carbocycles. The quantitative estimate of drug-likeness (QED) is 0.0641. The summed E-state index contributed by atoms with van der Waals surface area (Å²) in [4.78, 5) is 49.2. The molecule has 1 unspecified atom stereocenters. The number of carbonyl (C=O) groups is 2. The fourth-order valence-corrected chi connectivity index (χ4v) is 14.2. The van der Waals surface area contributed by atoms with Crippen molar-refractivity contribution in [2.45, 2.75) is 129 Å². The summed E-state index contributed by atoms with van der Waals surface area (Å²) in [6, 6.07) is 11.2. The highest BCUT2D eigenvalue weighted by atomic mass is 32.2. The molecule has 4 heterocycles. The summed E-state index contributed by atoms with van der Waals surface area (Å²) in [6.45, 7) is 25.6. The van der Waals surface area contributed by atoms with Gasteiger partial charge in [0.05, 0.1) is 18.2 Å². The first kappa shape index (κ1) is 47.2. The van der Waals surface area contributed by atoms with Crippen LogP contribution in [0, 0.1) is 23.1 Å². The van der Waals surface area contributed by atoms with Gasteiger partial charge in [-0.05, 0) is 88.9 Å². The normalized spacial score (nSPS) is 13.8. The van der Waals surface area contributed by atoms with Crippen LogP contribution in [0.5, 0.6) is 5.88 Å². The Kier molecular flexibility index (Phi) is 13.5. The third-order valence-corrected chi connectivity index (χ3v) is 18.2. The van der Waals surface area contributed by atoms with Crippen LogP contribution in [0.15, 0.2) is 53.8 Å². The van der Waals surface area contributed by atoms with E-state index in [1.54, 1.807) is 78.1 Å². The lowest BCUT2D eigenvalue weighted by Crippen LogP contribution is -2.45. The fourth-order valence-electron chi connectivity index (χ4n) is 8.64. The Morgan fingerprint density at radius 3 is 2.08 bits per heavy atom. The van der Waals surface area contributed by atoms with Crippen LogP contribution in [-0.2, 0) is 9.47 Å². The Morgan fingerprint density at radius 1 is 0.857 bits per heavy atom. The predicted octanol–water partition coefficient (Wildman–Crippen LogP) is 12.4. The van der Waals surface area contributed by atoms with E-state index in [9.17, 15) is 9.59 Å². The Morgan fingerprint density at radius 2 is 1.49 bits per heavy atom. The van der Waals surface area contributed by atoms with Gasteiger partial charge in [-0.15, -0.1) is 5.54 Å². The number of imide groups is 1. The summed E-state index contributed by atoms with van der Waals surface area (Å²) in [6.07, 6.45) is 1.33. The highest BCUT2D eigenvalue weighted by Crippen LogP contribution is 2.45. The number of carbonyl (C=O) groups excluding carboxylic acids is 2. The van der Waals surface area contributed by atoms with Gasteiger partial charge in [-0.1, -0.05) is 89.6 Å². The van der Waals surface area contributed by atoms with Gasteiger partial charge in [0.25, 0.3) is 0 Å². The standard InChI is InChI=1S/C48H58F2N6O5SSi/c1-27(2)63(28(3)4,29(5)6)26-22-33-35(49)21-20-31-17-15-18-34(36(31)33)39-38(50)40-37-42(54-44(53-40)62-14)55(24-25-59-43(37)52-39)30(7)32-19-16-23-51-41(32)56(45(57)60-47(8,9)10)46(58)61-48(11,12)13/h15-21,23,27-30H,24-25H2,1-14H3. The van der Waals surface area contributed by atoms with Crippen molar-refractivity contribution in [1.82, 2.24) is 19.9 Å². The number of thioether (sulfide) groups is 1. The first-order chi connectivity index (χ1) is 29.5. The zero-order valence-electron chi connectivity index (χ0n) is 38.7. The molecule has 0 bridgehead atoms. The lowest BCUT2D eigenvalue weighted by atomic mass is 9.96. The molecule has 0 fully saturated rings. The number of pyridine rings is 2. The lowest BCUT2D eigenvalue weighted by molar-refractivity contribution is 0.0428. The number of hydrogen-bond donors (Lipinski definition) is 0. The summed E-state index contributed by atoms with van der Waals surface area (Å²) < 4.78 is 51.5. The van der Waals surface area contributed by atoms with Crippen LogP contribution in [-0.4, -0.2) is 70.8 Å². The van der Waals surface area contributed by atoms with Gasteiger partial charge in [0.15, 0.2) is 16.8 Å². The molecule has 63 heavy (non-hydrogen) atoms. The van der Waals surface area contributed by atoms with Crippen molar-refractivity contribution in [3.63, 3.8) is 0 Å². The van der Waals surface area contributed by atoms with Crippen molar-refractivity contribution in [2.24, 2.45) is 0 Å². The molecule has 0 radical (unpaired) electrons. The summed E-state index contributed by atoms with van der Waals surface area (Å²) in [5, 5.41) is 1.65. The molecule has 1 aliphatic rings. The molecule has 0 N–H and O–H groups in total. The van der Waals surface area contributed by atoms with E-state index >= 15 is 8.78 Å². The van der Waals surface area contributed by atoms with Crippen LogP contribution < -0.4 is 14.5 Å². The van der Waals surface area contributed by atoms with Gasteiger partial charge in [-0.2, -0.15) is 4.90 Å². The van der Waals surface area contributed by atoms with Crippen LogP contribution in [0.2, 0.25) is 16.6 Å². The highest BCUT2D eigenvalue weighted by Gasteiger charge is 2.42. The van der Waals surface area contributed by atoms with Crippen LogP contribution in [0.1, 0.15) is 107 Å². The van der Waals surface area contributed by atoms with E-state index in [4.69, 9.17) is 24.2 Å². The molecule has 11 nitrogen and oxygen atoms in total. The third kappa shape index (κ3) is 9.34. The van der Waals surface area contributed by atoms with Gasteiger partial charge in [0.1, 0.15) is 54.1 Å². The third-order valence-electron chi connectivity index (χ3n) is 11.4. The second-order valence-electron chi connectivity index (χ2n) is 18.7. The van der Waals surface area contributed by atoms with Crippen LogP contribution in [0.4, 0.5) is 30.0 Å². The summed E-state index contributed by atoms with van der Waals surface area (Å²) in [5.41, 5.74) is 3.62. The van der Waals surface area contributed by atoms with E-state index in [2.05, 4.69) is 63.0 Å². The molecule has 334 valence electrons. The van der Waals surface area contributed by atoms with Crippen LogP contribution >= 0.6 is 11.8 Å². The molecule has 0 saturated carbocycles. The van der Waals surface area contributed by atoms with E-state index in [0.29, 0.717) is 44.3 Å². The Labute approximate surface area is 374 Å². The molecular weight excluding hydrogens is 839 g/mol. The molecule has 1 atom stereocenters. The Balaban J connectivity index is 1.56. The van der Waals surface area contributed by atoms with Gasteiger partial charge in [0, 0.05) is 22.7 Å². The van der Waals surface area contributed by atoms with Crippen molar-refractivity contribution < 1.29 is 32.6 Å². The Hall–Kier alpha value is -5.33. The van der Waals surface area contributed by atoms with E-state index in [1.807, 2.05) is 17.9 Å². The van der Waals surface area contributed by atoms with Crippen molar-refractivity contribution in [1.29, 1.82) is 0 Å². The zero-order chi connectivity index (χ0) is 46.3. The molecule has 2 aromatic carbocycles. The maximum Gasteiger partial charge on any atom is 0.425 e. The number of anilines is 2. The molecule has 3 aromatic heterocycles. The van der Waals surface area contributed by atoms with Crippen molar-refractivity contribution >= 4 is 65.3 Å². The van der Waals surface area contributed by atoms with E-state index in [0.717, 1.165) is 4.90 Å². The van der Waals surface area contributed by atoms with Crippen molar-refractivity contribution in [2.75, 3.05) is 29.2 Å². The number of rotatable bonds is 8. The molecular formula is C48H58F2N6O5SSi. The number of amides is 2. The smallest absolute Gasteiger partial charge is 0.425 e. The molecule has 1 aliphatic heterocycles. The molecule has 0 spiro atoms. The minimum absolute atomic E-state index is 0.00823. The number of fused-ring (bicyclic) bond motifs is 1. The average molecular weight is 897 g/mol. The minimum Gasteiger partial charge on any atom is -0.475 e. The largest absolute Gasteiger partial charge is 0.475 e. The summed E-state index contributed by atoms with van der Waals surface area (Å²) in [5.74, 6) is 2.50. The summed E-state index contributed by atoms with van der Waals surface area (Å²) >= 11 is 1.24. The lowest BCUT2D eigenvalue weighted by Gasteiger charge is -2.38. The van der Waals surface area contributed by atoms with Gasteiger partial charge in [-0.3, -0.25) is 0 Å². The number of nitrogens with zero attached hydrogens (tertiary/aromatic N) is 6. The van der Waals surface area contributed by atoms with E-state index < -0.39 is 49.1 Å². The number of halogens is 2. The van der Waals surface area contributed by atoms with Gasteiger partial charge in [0.2, 0.25) is 5.88 Å². The Bertz CT molecular complexity index is 2590. The van der Waals surface area contributed by atoms with Crippen molar-refractivity contribution in [3.05, 3.63) is 71.4 Å². The van der Waals surface area contributed by atoms with Crippen LogP contribution in [0.25, 0.3) is 32.9 Å². The molecule has 0 saturated heterocycles. The number of aromatic nitrogens is 4. The van der Waals surface area contributed by atoms with E-state index in [1.165, 1.54) is 24.0 Å². The predicted molar refractivity (Wildman–Crippen MR) is 250 cm³/mol. The second kappa shape index (κ2) is 18.0. The molecule has 6 rings (SSSR count). The number of hydrogen-bond acceptors (Lipinski definition) is 11. The maximum atomic E-state index is 17.6. The first-order valence-corrected chi connectivity index (χ1v) is 24.8. The molecule has 15 heteroatoms. The number of ether oxygens (including phenoxy) is 3. The molecule has 2 amide bonds. The van der Waals surface area contributed by atoms with Gasteiger partial charge < -0.3 is 19.1 Å². The minimum atomic E-state index is -2.29. The fraction of sp³-hybridized carbons (Fsp3) is 0.458. The molecule has 5 aromatic rings. The van der Waals surface area contributed by atoms with Gasteiger partial charge in [-0.25, -0.2) is 38.3 Å². The van der Waals surface area contributed by atoms with E-state index in [-0.39, 0.29) is 52.2 Å². The second-order valence-corrected chi connectivity index (χ2v) is 25.1. The number of benzene rings is 2. The maximum absolute atomic E-state index is 17.6. The van der Waals surface area contributed by atoms with Crippen LogP contribution in [0.3, 0.4) is 0 Å². The van der Waals surface area contributed by atoms with Gasteiger partial charge >= 0.3 is 12.2 Å². The topological polar surface area (TPSA) is 120 Å². The summed E-state index contributed by atoms with van der Waals surface area (Å²) in [7, 11) is -2.29. The van der Waals surface area contributed by atoms with Crippen molar-refractivity contribution in [3.8, 4) is 28.6 Å². The highest BCUT2D eigenvalue weighted by molar-refractivity contribution is 7.98. The monoisotopic (exact) mass is 896 g/mol. The zero-order valence-corrected chi connectivity index (χ0v) is 40.5. The average Bonchev–Trinajstić information content (AvgIpc) is 3.37. The first-order valence-electron chi connectivity index (χ1n) is 21.3.